The average molecular weight is 1030 g/mol. The van der Waals surface area contributed by atoms with Crippen LogP contribution in [0.4, 0.5) is 0 Å². The van der Waals surface area contributed by atoms with E-state index in [1.807, 2.05) is 0 Å². The van der Waals surface area contributed by atoms with E-state index in [-0.39, 0.29) is 31.1 Å². The summed E-state index contributed by atoms with van der Waals surface area (Å²) >= 11 is 0. The van der Waals surface area contributed by atoms with Gasteiger partial charge >= 0.3 is 17.9 Å². The van der Waals surface area contributed by atoms with Gasteiger partial charge in [-0.25, -0.2) is 0 Å². The summed E-state index contributed by atoms with van der Waals surface area (Å²) in [6, 6.07) is 0. The first-order chi connectivity index (χ1) is 36.0. The number of unbranched alkanes of at least 4 members (excludes halogenated alkanes) is 43. The summed E-state index contributed by atoms with van der Waals surface area (Å²) in [5.41, 5.74) is 0. The second-order valence-corrected chi connectivity index (χ2v) is 22.0. The molecule has 0 N–H and O–H groups in total. The molecule has 0 heterocycles. The number of rotatable bonds is 60. The Bertz CT molecular complexity index is 1220. The number of hydrogen-bond acceptors (Lipinski definition) is 6. The molecule has 6 nitrogen and oxygen atoms in total. The van der Waals surface area contributed by atoms with E-state index in [4.69, 9.17) is 14.2 Å². The number of ether oxygens (including phenoxy) is 3. The SMILES string of the molecule is CCCCCC/C=C\CCCCCCCCCC(=O)O[C@@H](COC(=O)CCCCCCCCCCC/C=C\CCCCCCCC)COC(=O)CCCCCCCCCCCCC/C=C\CCCCCCCC. The molecule has 0 fully saturated rings. The van der Waals surface area contributed by atoms with Crippen LogP contribution in [0.5, 0.6) is 0 Å². The monoisotopic (exact) mass is 1020 g/mol. The highest BCUT2D eigenvalue weighted by Gasteiger charge is 2.19. The van der Waals surface area contributed by atoms with Gasteiger partial charge in [0.2, 0.25) is 0 Å². The minimum absolute atomic E-state index is 0.0716. The molecule has 0 radical (unpaired) electrons. The van der Waals surface area contributed by atoms with Crippen LogP contribution < -0.4 is 0 Å². The third-order valence-electron chi connectivity index (χ3n) is 14.6. The average Bonchev–Trinajstić information content (AvgIpc) is 3.39. The Morgan fingerprint density at radius 3 is 0.699 bits per heavy atom. The molecule has 0 aliphatic heterocycles. The molecule has 0 bridgehead atoms. The fourth-order valence-corrected chi connectivity index (χ4v) is 9.67. The third-order valence-corrected chi connectivity index (χ3v) is 14.6. The predicted octanol–water partition coefficient (Wildman–Crippen LogP) is 22.0. The fraction of sp³-hybridized carbons (Fsp3) is 0.866. The number of carbonyl (C=O) groups is 3. The van der Waals surface area contributed by atoms with Gasteiger partial charge in [0.15, 0.2) is 6.10 Å². The molecule has 0 amide bonds. The quantitative estimate of drug-likeness (QED) is 0.0261. The summed E-state index contributed by atoms with van der Waals surface area (Å²) in [4.78, 5) is 38.3. The van der Waals surface area contributed by atoms with E-state index < -0.39 is 6.10 Å². The molecular formula is C67H124O6. The molecule has 0 unspecified atom stereocenters. The number of esters is 3. The van der Waals surface area contributed by atoms with E-state index >= 15 is 0 Å². The Balaban J connectivity index is 4.31. The second kappa shape index (κ2) is 62.2. The minimum atomic E-state index is -0.775. The number of hydrogen-bond donors (Lipinski definition) is 0. The van der Waals surface area contributed by atoms with Crippen molar-refractivity contribution in [3.05, 3.63) is 36.5 Å². The van der Waals surface area contributed by atoms with Gasteiger partial charge in [-0.2, -0.15) is 0 Å². The molecule has 6 heteroatoms. The van der Waals surface area contributed by atoms with Crippen molar-refractivity contribution >= 4 is 17.9 Å². The number of carbonyl (C=O) groups excluding carboxylic acids is 3. The van der Waals surface area contributed by atoms with Gasteiger partial charge < -0.3 is 14.2 Å². The van der Waals surface area contributed by atoms with Gasteiger partial charge in [0, 0.05) is 19.3 Å². The Kier molecular flexibility index (Phi) is 60.2. The van der Waals surface area contributed by atoms with Gasteiger partial charge in [0.25, 0.3) is 0 Å². The Morgan fingerprint density at radius 2 is 0.452 bits per heavy atom. The molecular weight excluding hydrogens is 901 g/mol. The second-order valence-electron chi connectivity index (χ2n) is 22.0. The molecule has 0 aromatic carbocycles. The molecule has 0 spiro atoms. The van der Waals surface area contributed by atoms with Crippen molar-refractivity contribution in [2.75, 3.05) is 13.2 Å². The summed E-state index contributed by atoms with van der Waals surface area (Å²) < 4.78 is 17.0. The molecule has 73 heavy (non-hydrogen) atoms. The first-order valence-corrected chi connectivity index (χ1v) is 32.5. The molecule has 0 aromatic heterocycles. The van der Waals surface area contributed by atoms with Crippen LogP contribution in [0.25, 0.3) is 0 Å². The zero-order valence-corrected chi connectivity index (χ0v) is 49.2. The lowest BCUT2D eigenvalue weighted by Crippen LogP contribution is -2.30. The van der Waals surface area contributed by atoms with Crippen molar-refractivity contribution in [3.8, 4) is 0 Å². The molecule has 0 aliphatic carbocycles. The van der Waals surface area contributed by atoms with Crippen LogP contribution in [0.1, 0.15) is 355 Å². The lowest BCUT2D eigenvalue weighted by molar-refractivity contribution is -0.167. The normalized spacial score (nSPS) is 12.2. The summed E-state index contributed by atoms with van der Waals surface area (Å²) in [7, 11) is 0. The molecule has 0 aromatic rings. The maximum Gasteiger partial charge on any atom is 0.306 e. The van der Waals surface area contributed by atoms with Gasteiger partial charge in [-0.1, -0.05) is 276 Å². The Hall–Kier alpha value is -2.37. The van der Waals surface area contributed by atoms with Crippen LogP contribution in [-0.2, 0) is 28.6 Å². The van der Waals surface area contributed by atoms with Gasteiger partial charge in [-0.3, -0.25) is 14.4 Å². The summed E-state index contributed by atoms with van der Waals surface area (Å²) in [6.45, 7) is 6.67. The summed E-state index contributed by atoms with van der Waals surface area (Å²) in [5, 5.41) is 0. The molecule has 0 rings (SSSR count). The van der Waals surface area contributed by atoms with Crippen molar-refractivity contribution in [2.24, 2.45) is 0 Å². The van der Waals surface area contributed by atoms with Crippen LogP contribution in [0.3, 0.4) is 0 Å². The Labute approximate surface area is 455 Å². The van der Waals surface area contributed by atoms with Gasteiger partial charge in [0.05, 0.1) is 0 Å². The van der Waals surface area contributed by atoms with E-state index in [0.717, 1.165) is 57.8 Å². The van der Waals surface area contributed by atoms with Gasteiger partial charge in [0.1, 0.15) is 13.2 Å². The first-order valence-electron chi connectivity index (χ1n) is 32.5. The van der Waals surface area contributed by atoms with Crippen LogP contribution >= 0.6 is 0 Å². The first kappa shape index (κ1) is 70.6. The highest BCUT2D eigenvalue weighted by molar-refractivity contribution is 5.71. The van der Waals surface area contributed by atoms with Crippen LogP contribution in [0.2, 0.25) is 0 Å². The molecule has 428 valence electrons. The molecule has 0 aliphatic rings. The zero-order valence-electron chi connectivity index (χ0n) is 49.2. The van der Waals surface area contributed by atoms with E-state index in [2.05, 4.69) is 57.2 Å². The maximum absolute atomic E-state index is 12.9. The van der Waals surface area contributed by atoms with Crippen molar-refractivity contribution in [2.45, 2.75) is 361 Å². The number of allylic oxidation sites excluding steroid dienone is 6. The largest absolute Gasteiger partial charge is 0.462 e. The van der Waals surface area contributed by atoms with Crippen molar-refractivity contribution in [1.29, 1.82) is 0 Å². The van der Waals surface area contributed by atoms with Crippen molar-refractivity contribution in [1.82, 2.24) is 0 Å². The predicted molar refractivity (Wildman–Crippen MR) is 316 cm³/mol. The molecule has 0 saturated carbocycles. The topological polar surface area (TPSA) is 78.9 Å². The maximum atomic E-state index is 12.9. The summed E-state index contributed by atoms with van der Waals surface area (Å²) in [6.07, 6.45) is 75.7. The van der Waals surface area contributed by atoms with Crippen LogP contribution in [-0.4, -0.2) is 37.2 Å². The highest BCUT2D eigenvalue weighted by atomic mass is 16.6. The lowest BCUT2D eigenvalue weighted by atomic mass is 10.0. The standard InChI is InChI=1S/C67H124O6/c1-4-7-10-13-16-19-22-25-28-30-32-33-35-37-40-42-45-48-51-54-57-60-66(69)72-63-64(73-67(70)61-58-55-52-49-46-43-38-27-24-21-18-15-12-9-6-3)62-71-65(68)59-56-53-50-47-44-41-39-36-34-31-29-26-23-20-17-14-11-8-5-2/h21,24-26,28-29,64H,4-20,22-23,27,30-63H2,1-3H3/b24-21-,28-25-,29-26-/t64-/m0/s1. The van der Waals surface area contributed by atoms with Gasteiger partial charge in [-0.15, -0.1) is 0 Å². The van der Waals surface area contributed by atoms with E-state index in [1.165, 1.54) is 257 Å². The van der Waals surface area contributed by atoms with Crippen LogP contribution in [0, 0.1) is 0 Å². The molecule has 0 saturated heterocycles. The van der Waals surface area contributed by atoms with E-state index in [1.54, 1.807) is 0 Å². The summed E-state index contributed by atoms with van der Waals surface area (Å²) in [5.74, 6) is -0.856. The zero-order chi connectivity index (χ0) is 52.9. The fourth-order valence-electron chi connectivity index (χ4n) is 9.67. The van der Waals surface area contributed by atoms with Crippen LogP contribution in [0.15, 0.2) is 36.5 Å². The third kappa shape index (κ3) is 60.4. The highest BCUT2D eigenvalue weighted by Crippen LogP contribution is 2.17. The lowest BCUT2D eigenvalue weighted by Gasteiger charge is -2.18. The Morgan fingerprint density at radius 1 is 0.260 bits per heavy atom. The van der Waals surface area contributed by atoms with E-state index in [9.17, 15) is 14.4 Å². The molecule has 1 atom stereocenters. The van der Waals surface area contributed by atoms with Crippen molar-refractivity contribution < 1.29 is 28.6 Å². The van der Waals surface area contributed by atoms with Gasteiger partial charge in [-0.05, 0) is 96.3 Å². The minimum Gasteiger partial charge on any atom is -0.462 e. The smallest absolute Gasteiger partial charge is 0.306 e. The van der Waals surface area contributed by atoms with E-state index in [0.29, 0.717) is 19.3 Å². The van der Waals surface area contributed by atoms with Crippen molar-refractivity contribution in [3.63, 3.8) is 0 Å².